The van der Waals surface area contributed by atoms with Crippen molar-refractivity contribution in [2.75, 3.05) is 39.5 Å². The number of hydrogen-bond donors (Lipinski definition) is 5. The third-order valence-electron chi connectivity index (χ3n) is 6.46. The second kappa shape index (κ2) is 11.8. The van der Waals surface area contributed by atoms with E-state index in [1.165, 1.54) is 12.1 Å². The lowest BCUT2D eigenvalue weighted by atomic mass is 9.82. The summed E-state index contributed by atoms with van der Waals surface area (Å²) in [6.45, 7) is 2.93. The first-order chi connectivity index (χ1) is 17.0. The van der Waals surface area contributed by atoms with Crippen LogP contribution in [-0.4, -0.2) is 74.9 Å². The number of aliphatic imine (C=N–C) groups is 1. The molecule has 0 bridgehead atoms. The summed E-state index contributed by atoms with van der Waals surface area (Å²) in [5.74, 6) is 0.336. The molecule has 2 aromatic rings. The number of sulfone groups is 1. The standard InChI is InChI=1S/C15H14O4S.C10H21N5O/c1-20(18,19)9-6-7-12-13(8-9)15(17)11-5-3-2-4-10(11)14(12)16;1-15-6-2-8(3-7-15)9(16)13-4-5-14-10(11)12/h2-8,14-17H,1H3;8H,2-7H2,1H3,(H,13,16)(H4,11,12,14). The molecule has 2 atom stereocenters. The van der Waals surface area contributed by atoms with Crippen LogP contribution in [0.2, 0.25) is 0 Å². The van der Waals surface area contributed by atoms with E-state index >= 15 is 0 Å². The topological polar surface area (TPSA) is 171 Å². The van der Waals surface area contributed by atoms with E-state index in [9.17, 15) is 23.4 Å². The highest BCUT2D eigenvalue weighted by Gasteiger charge is 2.30. The number of guanidine groups is 1. The Morgan fingerprint density at radius 2 is 1.58 bits per heavy atom. The smallest absolute Gasteiger partial charge is 0.223 e. The monoisotopic (exact) mass is 517 g/mol. The molecule has 1 heterocycles. The fraction of sp³-hybridized carbons (Fsp3) is 0.440. The first-order valence-electron chi connectivity index (χ1n) is 11.8. The van der Waals surface area contributed by atoms with Crippen molar-refractivity contribution < 1.29 is 23.4 Å². The maximum absolute atomic E-state index is 11.7. The summed E-state index contributed by atoms with van der Waals surface area (Å²) in [7, 11) is -1.27. The Hall–Kier alpha value is -2.99. The van der Waals surface area contributed by atoms with E-state index in [4.69, 9.17) is 11.5 Å². The lowest BCUT2D eigenvalue weighted by Gasteiger charge is -2.29. The van der Waals surface area contributed by atoms with Gasteiger partial charge in [-0.05, 0) is 67.4 Å². The van der Waals surface area contributed by atoms with E-state index in [0.29, 0.717) is 35.3 Å². The van der Waals surface area contributed by atoms with Crippen LogP contribution in [-0.2, 0) is 14.6 Å². The van der Waals surface area contributed by atoms with Gasteiger partial charge in [0.2, 0.25) is 5.91 Å². The summed E-state index contributed by atoms with van der Waals surface area (Å²) in [6, 6.07) is 11.5. The second-order valence-electron chi connectivity index (χ2n) is 9.17. The number of nitrogens with two attached hydrogens (primary N) is 2. The average molecular weight is 518 g/mol. The van der Waals surface area contributed by atoms with Crippen molar-refractivity contribution in [2.45, 2.75) is 29.9 Å². The zero-order valence-corrected chi connectivity index (χ0v) is 21.4. The van der Waals surface area contributed by atoms with Gasteiger partial charge in [0.1, 0.15) is 12.2 Å². The van der Waals surface area contributed by atoms with E-state index in [0.717, 1.165) is 32.2 Å². The molecule has 0 radical (unpaired) electrons. The lowest BCUT2D eigenvalue weighted by molar-refractivity contribution is -0.126. The van der Waals surface area contributed by atoms with Crippen molar-refractivity contribution in [3.8, 4) is 0 Å². The summed E-state index contributed by atoms with van der Waals surface area (Å²) < 4.78 is 23.2. The minimum atomic E-state index is -3.35. The minimum absolute atomic E-state index is 0.0635. The average Bonchev–Trinajstić information content (AvgIpc) is 2.85. The number of aliphatic hydroxyl groups is 2. The number of likely N-dealkylation sites (tertiary alicyclic amines) is 1. The quantitative estimate of drug-likeness (QED) is 0.214. The van der Waals surface area contributed by atoms with E-state index in [1.54, 1.807) is 30.3 Å². The van der Waals surface area contributed by atoms with Crippen LogP contribution in [0.1, 0.15) is 47.3 Å². The molecule has 10 nitrogen and oxygen atoms in total. The number of piperidine rings is 1. The highest BCUT2D eigenvalue weighted by Crippen LogP contribution is 2.41. The van der Waals surface area contributed by atoms with Crippen molar-refractivity contribution in [1.82, 2.24) is 10.2 Å². The van der Waals surface area contributed by atoms with Crippen LogP contribution < -0.4 is 16.8 Å². The number of carbonyl (C=O) groups excluding carboxylic acids is 1. The Morgan fingerprint density at radius 1 is 1.03 bits per heavy atom. The predicted octanol–water partition coefficient (Wildman–Crippen LogP) is 0.285. The molecule has 1 aliphatic heterocycles. The molecule has 7 N–H and O–H groups in total. The molecule has 196 valence electrons. The molecule has 2 aromatic carbocycles. The van der Waals surface area contributed by atoms with Crippen LogP contribution in [0.25, 0.3) is 0 Å². The SMILES string of the molecule is CN1CCC(C(=O)NCCN=C(N)N)CC1.CS(=O)(=O)c1ccc2c(c1)C(O)c1ccccc1C2O. The maximum atomic E-state index is 11.7. The second-order valence-corrected chi connectivity index (χ2v) is 11.2. The summed E-state index contributed by atoms with van der Waals surface area (Å²) in [5.41, 5.74) is 12.6. The number of fused-ring (bicyclic) bond motifs is 2. The summed E-state index contributed by atoms with van der Waals surface area (Å²) in [4.78, 5) is 17.9. The van der Waals surface area contributed by atoms with Gasteiger partial charge in [0.25, 0.3) is 0 Å². The number of rotatable bonds is 5. The molecule has 1 amide bonds. The van der Waals surface area contributed by atoms with Crippen LogP contribution in [0.3, 0.4) is 0 Å². The fourth-order valence-electron chi connectivity index (χ4n) is 4.39. The van der Waals surface area contributed by atoms with Gasteiger partial charge in [-0.2, -0.15) is 0 Å². The van der Waals surface area contributed by atoms with Gasteiger partial charge >= 0.3 is 0 Å². The number of carbonyl (C=O) groups is 1. The fourth-order valence-corrected chi connectivity index (χ4v) is 5.05. The van der Waals surface area contributed by atoms with Gasteiger partial charge in [-0.25, -0.2) is 8.42 Å². The van der Waals surface area contributed by atoms with E-state index in [-0.39, 0.29) is 22.7 Å². The highest BCUT2D eigenvalue weighted by molar-refractivity contribution is 7.90. The summed E-state index contributed by atoms with van der Waals surface area (Å²) in [5, 5.41) is 23.6. The van der Waals surface area contributed by atoms with Gasteiger partial charge in [-0.1, -0.05) is 30.3 Å². The van der Waals surface area contributed by atoms with E-state index in [2.05, 4.69) is 22.3 Å². The molecule has 1 saturated heterocycles. The zero-order chi connectivity index (χ0) is 26.5. The van der Waals surface area contributed by atoms with E-state index < -0.39 is 22.0 Å². The third-order valence-corrected chi connectivity index (χ3v) is 7.57. The third kappa shape index (κ3) is 6.82. The van der Waals surface area contributed by atoms with Gasteiger partial charge in [0.05, 0.1) is 11.4 Å². The Balaban J connectivity index is 0.000000207. The van der Waals surface area contributed by atoms with Gasteiger partial charge in [0, 0.05) is 18.7 Å². The summed E-state index contributed by atoms with van der Waals surface area (Å²) >= 11 is 0. The van der Waals surface area contributed by atoms with E-state index in [1.807, 2.05) is 0 Å². The number of amides is 1. The molecule has 36 heavy (non-hydrogen) atoms. The predicted molar refractivity (Wildman–Crippen MR) is 138 cm³/mol. The molecule has 4 rings (SSSR count). The number of nitrogens with zero attached hydrogens (tertiary/aromatic N) is 2. The summed E-state index contributed by atoms with van der Waals surface area (Å²) in [6.07, 6.45) is 1.22. The van der Waals surface area contributed by atoms with Crippen molar-refractivity contribution >= 4 is 21.7 Å². The van der Waals surface area contributed by atoms with Crippen molar-refractivity contribution in [3.63, 3.8) is 0 Å². The Kier molecular flexibility index (Phi) is 9.07. The largest absolute Gasteiger partial charge is 0.384 e. The van der Waals surface area contributed by atoms with Crippen molar-refractivity contribution in [2.24, 2.45) is 22.4 Å². The Labute approximate surface area is 211 Å². The number of hydrogen-bond acceptors (Lipinski definition) is 7. The van der Waals surface area contributed by atoms with Crippen LogP contribution in [0.5, 0.6) is 0 Å². The molecule has 0 spiro atoms. The molecule has 1 fully saturated rings. The normalized spacial score (nSPS) is 19.8. The van der Waals surface area contributed by atoms with Crippen LogP contribution >= 0.6 is 0 Å². The molecule has 0 aromatic heterocycles. The molecule has 2 aliphatic rings. The van der Waals surface area contributed by atoms with Gasteiger partial charge < -0.3 is 31.9 Å². The van der Waals surface area contributed by atoms with Crippen LogP contribution in [0, 0.1) is 5.92 Å². The molecule has 1 aliphatic carbocycles. The Morgan fingerprint density at radius 3 is 2.14 bits per heavy atom. The minimum Gasteiger partial charge on any atom is -0.384 e. The number of benzene rings is 2. The van der Waals surface area contributed by atoms with Crippen LogP contribution in [0.15, 0.2) is 52.4 Å². The maximum Gasteiger partial charge on any atom is 0.223 e. The molecular formula is C25H35N5O5S. The first-order valence-corrected chi connectivity index (χ1v) is 13.7. The van der Waals surface area contributed by atoms with Gasteiger partial charge in [-0.3, -0.25) is 9.79 Å². The number of aliphatic hydroxyl groups excluding tert-OH is 2. The molecule has 2 unspecified atom stereocenters. The molecule has 0 saturated carbocycles. The highest BCUT2D eigenvalue weighted by atomic mass is 32.2. The Bertz CT molecular complexity index is 1210. The molecule has 11 heteroatoms. The zero-order valence-electron chi connectivity index (χ0n) is 20.6. The van der Waals surface area contributed by atoms with Crippen molar-refractivity contribution in [1.29, 1.82) is 0 Å². The van der Waals surface area contributed by atoms with Crippen LogP contribution in [0.4, 0.5) is 0 Å². The van der Waals surface area contributed by atoms with Gasteiger partial charge in [-0.15, -0.1) is 0 Å². The number of nitrogens with one attached hydrogen (secondary N) is 1. The first kappa shape index (κ1) is 27.6. The van der Waals surface area contributed by atoms with Crippen molar-refractivity contribution in [3.05, 3.63) is 64.7 Å². The lowest BCUT2D eigenvalue weighted by Crippen LogP contribution is -2.39. The van der Waals surface area contributed by atoms with Gasteiger partial charge in [0.15, 0.2) is 15.8 Å². The molecular weight excluding hydrogens is 482 g/mol.